The number of rotatable bonds is 12. The number of aromatic carboxylic acids is 1. The van der Waals surface area contributed by atoms with E-state index in [0.717, 1.165) is 33.4 Å². The number of aldehydes is 1. The second-order valence-electron chi connectivity index (χ2n) is 10.7. The predicted molar refractivity (Wildman–Crippen MR) is 175 cm³/mol. The van der Waals surface area contributed by atoms with E-state index in [4.69, 9.17) is 26.3 Å². The minimum atomic E-state index is -1.22. The van der Waals surface area contributed by atoms with Crippen LogP contribution in [0.2, 0.25) is 5.02 Å². The molecular formula is C37H28ClN3O6. The average Bonchev–Trinajstić information content (AvgIpc) is 3.08. The average molecular weight is 646 g/mol. The van der Waals surface area contributed by atoms with E-state index in [2.05, 4.69) is 9.97 Å². The molecule has 0 aliphatic rings. The van der Waals surface area contributed by atoms with Gasteiger partial charge in [0, 0.05) is 42.2 Å². The summed E-state index contributed by atoms with van der Waals surface area (Å²) in [5.41, 5.74) is 7.12. The van der Waals surface area contributed by atoms with Crippen LogP contribution in [0.4, 0.5) is 0 Å². The Morgan fingerprint density at radius 1 is 0.894 bits per heavy atom. The summed E-state index contributed by atoms with van der Waals surface area (Å²) >= 11 is 6.44. The number of pyridine rings is 2. The molecule has 5 rings (SSSR count). The lowest BCUT2D eigenvalue weighted by Gasteiger charge is -2.17. The Bertz CT molecular complexity index is 2040. The number of hydrogen-bond acceptors (Lipinski definition) is 8. The van der Waals surface area contributed by atoms with Crippen molar-refractivity contribution in [3.8, 4) is 28.7 Å². The first-order valence-electron chi connectivity index (χ1n) is 14.5. The molecule has 47 heavy (non-hydrogen) atoms. The largest absolute Gasteiger partial charge is 0.488 e. The molecule has 2 heterocycles. The number of carbonyl (C=O) groups excluding carboxylic acids is 2. The third kappa shape index (κ3) is 7.52. The number of carbonyl (C=O) groups is 3. The van der Waals surface area contributed by atoms with Crippen LogP contribution in [0.5, 0.6) is 11.5 Å². The Morgan fingerprint density at radius 2 is 1.60 bits per heavy atom. The molecule has 0 atom stereocenters. The second kappa shape index (κ2) is 14.5. The zero-order chi connectivity index (χ0) is 33.5. The van der Waals surface area contributed by atoms with Crippen LogP contribution in [0.15, 0.2) is 85.3 Å². The number of halogens is 1. The molecule has 0 saturated carbocycles. The molecular weight excluding hydrogens is 618 g/mol. The maximum atomic E-state index is 13.0. The van der Waals surface area contributed by atoms with Crippen LogP contribution in [0, 0.1) is 25.2 Å². The number of Topliss-reactive ketones (excluding diaryl/α,β-unsaturated/α-hetero) is 1. The quantitative estimate of drug-likeness (QED) is 0.109. The van der Waals surface area contributed by atoms with Crippen molar-refractivity contribution in [2.24, 2.45) is 0 Å². The SMILES string of the molecule is Cc1c(COc2cc(OCc3cncc(C#N)c3)c(C(=O)O)cc2Cl)cccc1-c1cccc(CC(=O)c2ccc(C=O)cn2)c1C. The van der Waals surface area contributed by atoms with Crippen LogP contribution in [-0.4, -0.2) is 33.1 Å². The van der Waals surface area contributed by atoms with Crippen molar-refractivity contribution < 1.29 is 29.0 Å². The van der Waals surface area contributed by atoms with Gasteiger partial charge in [-0.05, 0) is 71.5 Å². The summed E-state index contributed by atoms with van der Waals surface area (Å²) < 4.78 is 11.9. The third-order valence-electron chi connectivity index (χ3n) is 7.71. The molecule has 5 aromatic rings. The lowest BCUT2D eigenvalue weighted by molar-refractivity contribution is 0.0691. The highest BCUT2D eigenvalue weighted by molar-refractivity contribution is 6.32. The van der Waals surface area contributed by atoms with Crippen molar-refractivity contribution >= 4 is 29.6 Å². The van der Waals surface area contributed by atoms with Crippen LogP contribution in [0.25, 0.3) is 11.1 Å². The van der Waals surface area contributed by atoms with E-state index >= 15 is 0 Å². The first kappa shape index (κ1) is 32.5. The molecule has 0 aliphatic carbocycles. The minimum Gasteiger partial charge on any atom is -0.488 e. The van der Waals surface area contributed by atoms with Crippen molar-refractivity contribution in [3.63, 3.8) is 0 Å². The fourth-order valence-electron chi connectivity index (χ4n) is 5.08. The molecule has 0 radical (unpaired) electrons. The van der Waals surface area contributed by atoms with Gasteiger partial charge in [0.05, 0.1) is 10.6 Å². The van der Waals surface area contributed by atoms with Gasteiger partial charge in [0.15, 0.2) is 12.1 Å². The van der Waals surface area contributed by atoms with Crippen LogP contribution in [0.1, 0.15) is 64.6 Å². The van der Waals surface area contributed by atoms with Gasteiger partial charge >= 0.3 is 5.97 Å². The van der Waals surface area contributed by atoms with Gasteiger partial charge in [-0.15, -0.1) is 0 Å². The van der Waals surface area contributed by atoms with Crippen molar-refractivity contribution in [3.05, 3.63) is 141 Å². The number of aromatic nitrogens is 2. The Morgan fingerprint density at radius 3 is 2.26 bits per heavy atom. The van der Waals surface area contributed by atoms with E-state index < -0.39 is 5.97 Å². The van der Waals surface area contributed by atoms with E-state index in [1.165, 1.54) is 30.7 Å². The molecule has 234 valence electrons. The van der Waals surface area contributed by atoms with Gasteiger partial charge in [0.25, 0.3) is 0 Å². The standard InChI is InChI=1S/C37H28ClN3O6/c1-22-27(12-34(43)33-10-9-24(19-42)18-41-33)5-3-7-29(22)30-8-4-6-28(23(30)2)21-47-36-14-35(31(37(44)45)13-32(36)38)46-20-26-11-25(15-39)16-40-17-26/h3-11,13-14,16-19H,12,20-21H2,1-2H3,(H,44,45). The van der Waals surface area contributed by atoms with E-state index in [0.29, 0.717) is 28.7 Å². The molecule has 3 aromatic carbocycles. The number of benzene rings is 3. The number of nitriles is 1. The summed E-state index contributed by atoms with van der Waals surface area (Å²) in [5, 5.41) is 19.0. The van der Waals surface area contributed by atoms with Gasteiger partial charge in [-0.25, -0.2) is 4.79 Å². The Kier molecular flexibility index (Phi) is 10.0. The molecule has 0 saturated heterocycles. The van der Waals surface area contributed by atoms with E-state index in [1.54, 1.807) is 18.2 Å². The van der Waals surface area contributed by atoms with Crippen LogP contribution >= 0.6 is 11.6 Å². The number of ether oxygens (including phenoxy) is 2. The monoisotopic (exact) mass is 645 g/mol. The molecule has 0 unspecified atom stereocenters. The summed E-state index contributed by atoms with van der Waals surface area (Å²) in [5.74, 6) is -1.07. The molecule has 0 bridgehead atoms. The highest BCUT2D eigenvalue weighted by Gasteiger charge is 2.19. The number of nitrogens with zero attached hydrogens (tertiary/aromatic N) is 3. The molecule has 0 amide bonds. The van der Waals surface area contributed by atoms with Gasteiger partial charge < -0.3 is 14.6 Å². The molecule has 0 spiro atoms. The Labute approximate surface area is 276 Å². The summed E-state index contributed by atoms with van der Waals surface area (Å²) in [7, 11) is 0. The molecule has 0 aliphatic heterocycles. The van der Waals surface area contributed by atoms with Gasteiger partial charge in [-0.1, -0.05) is 48.0 Å². The number of carboxylic acid groups (broad SMARTS) is 1. The van der Waals surface area contributed by atoms with Gasteiger partial charge in [0.2, 0.25) is 0 Å². The van der Waals surface area contributed by atoms with Crippen LogP contribution in [0.3, 0.4) is 0 Å². The Hall–Kier alpha value is -5.85. The zero-order valence-electron chi connectivity index (χ0n) is 25.5. The van der Waals surface area contributed by atoms with E-state index in [9.17, 15) is 19.5 Å². The van der Waals surface area contributed by atoms with Crippen molar-refractivity contribution in [2.45, 2.75) is 33.5 Å². The molecule has 10 heteroatoms. The van der Waals surface area contributed by atoms with Crippen LogP contribution in [-0.2, 0) is 19.6 Å². The lowest BCUT2D eigenvalue weighted by atomic mass is 9.90. The highest BCUT2D eigenvalue weighted by Crippen LogP contribution is 2.35. The molecule has 0 fully saturated rings. The smallest absolute Gasteiger partial charge is 0.339 e. The topological polar surface area (TPSA) is 139 Å². The van der Waals surface area contributed by atoms with E-state index in [1.807, 2.05) is 56.3 Å². The fourth-order valence-corrected chi connectivity index (χ4v) is 5.30. The highest BCUT2D eigenvalue weighted by atomic mass is 35.5. The summed E-state index contributed by atoms with van der Waals surface area (Å²) in [4.78, 5) is 44.0. The molecule has 2 aromatic heterocycles. The minimum absolute atomic E-state index is 0.0159. The third-order valence-corrected chi connectivity index (χ3v) is 8.00. The lowest BCUT2D eigenvalue weighted by Crippen LogP contribution is -2.08. The van der Waals surface area contributed by atoms with Crippen molar-refractivity contribution in [1.82, 2.24) is 9.97 Å². The van der Waals surface area contributed by atoms with Crippen molar-refractivity contribution in [1.29, 1.82) is 5.26 Å². The normalized spacial score (nSPS) is 10.6. The predicted octanol–water partition coefficient (Wildman–Crippen LogP) is 7.38. The van der Waals surface area contributed by atoms with Gasteiger partial charge in [0.1, 0.15) is 42.0 Å². The first-order valence-corrected chi connectivity index (χ1v) is 14.8. The fraction of sp³-hybridized carbons (Fsp3) is 0.135. The number of ketones is 1. The number of carboxylic acids is 1. The van der Waals surface area contributed by atoms with E-state index in [-0.39, 0.29) is 47.5 Å². The van der Waals surface area contributed by atoms with Crippen LogP contribution < -0.4 is 9.47 Å². The maximum Gasteiger partial charge on any atom is 0.339 e. The van der Waals surface area contributed by atoms with Gasteiger partial charge in [-0.3, -0.25) is 19.6 Å². The molecule has 9 nitrogen and oxygen atoms in total. The summed E-state index contributed by atoms with van der Waals surface area (Å²) in [6.07, 6.45) is 5.18. The summed E-state index contributed by atoms with van der Waals surface area (Å²) in [6, 6.07) is 21.2. The molecule has 1 N–H and O–H groups in total. The first-order chi connectivity index (χ1) is 22.7. The zero-order valence-corrected chi connectivity index (χ0v) is 26.2. The summed E-state index contributed by atoms with van der Waals surface area (Å²) in [6.45, 7) is 4.08. The van der Waals surface area contributed by atoms with Gasteiger partial charge in [-0.2, -0.15) is 5.26 Å². The maximum absolute atomic E-state index is 13.0. The van der Waals surface area contributed by atoms with Crippen molar-refractivity contribution in [2.75, 3.05) is 0 Å². The Balaban J connectivity index is 1.35. The number of hydrogen-bond donors (Lipinski definition) is 1. The second-order valence-corrected chi connectivity index (χ2v) is 11.1.